The number of carbonyl (C=O) groups is 1. The molecule has 0 saturated carbocycles. The molecule has 0 fully saturated rings. The lowest BCUT2D eigenvalue weighted by atomic mass is 10.3. The minimum Gasteiger partial charge on any atom is -0.378 e. The number of carbonyl (C=O) groups excluding carboxylic acids is 1. The van der Waals surface area contributed by atoms with Crippen LogP contribution in [0.3, 0.4) is 0 Å². The van der Waals surface area contributed by atoms with E-state index < -0.39 is 0 Å². The van der Waals surface area contributed by atoms with Gasteiger partial charge in [-0.2, -0.15) is 5.10 Å². The number of anilines is 1. The summed E-state index contributed by atoms with van der Waals surface area (Å²) in [6, 6.07) is 2.00. The van der Waals surface area contributed by atoms with Crippen LogP contribution >= 0.6 is 0 Å². The maximum absolute atomic E-state index is 11.1. The molecular weight excluding hydrogens is 218 g/mol. The molecule has 1 amide bonds. The molecule has 0 aliphatic heterocycles. The highest BCUT2D eigenvalue weighted by molar-refractivity contribution is 5.75. The third-order valence-electron chi connectivity index (χ3n) is 2.38. The van der Waals surface area contributed by atoms with E-state index in [9.17, 15) is 4.79 Å². The lowest BCUT2D eigenvalue weighted by Crippen LogP contribution is -2.23. The molecule has 2 rings (SSSR count). The first kappa shape index (κ1) is 11.3. The Bertz CT molecular complexity index is 474. The standard InChI is InChI=1S/C11H15N5O/c1-12-11(17)8-16-7-10(6-15-16)14-5-9-2-3-13-4-9/h2-4,6-7,13-14H,5,8H2,1H3,(H,12,17). The maximum Gasteiger partial charge on any atom is 0.241 e. The van der Waals surface area contributed by atoms with Gasteiger partial charge in [0.05, 0.1) is 11.9 Å². The summed E-state index contributed by atoms with van der Waals surface area (Å²) in [7, 11) is 1.61. The second-order valence-electron chi connectivity index (χ2n) is 3.67. The summed E-state index contributed by atoms with van der Waals surface area (Å²) < 4.78 is 1.60. The van der Waals surface area contributed by atoms with Crippen molar-refractivity contribution in [2.45, 2.75) is 13.1 Å². The van der Waals surface area contributed by atoms with E-state index in [2.05, 4.69) is 20.7 Å². The Morgan fingerprint density at radius 2 is 2.47 bits per heavy atom. The molecule has 0 bridgehead atoms. The fraction of sp³-hybridized carbons (Fsp3) is 0.273. The zero-order valence-electron chi connectivity index (χ0n) is 9.60. The van der Waals surface area contributed by atoms with Gasteiger partial charge in [0, 0.05) is 32.2 Å². The second kappa shape index (κ2) is 5.20. The normalized spacial score (nSPS) is 10.2. The number of rotatable bonds is 5. The molecule has 6 heteroatoms. The third kappa shape index (κ3) is 3.10. The van der Waals surface area contributed by atoms with Crippen LogP contribution in [0.25, 0.3) is 0 Å². The van der Waals surface area contributed by atoms with Gasteiger partial charge in [0.2, 0.25) is 5.91 Å². The molecule has 0 aliphatic carbocycles. The van der Waals surface area contributed by atoms with E-state index >= 15 is 0 Å². The Hall–Kier alpha value is -2.24. The van der Waals surface area contributed by atoms with Gasteiger partial charge in [-0.05, 0) is 11.6 Å². The smallest absolute Gasteiger partial charge is 0.241 e. The van der Waals surface area contributed by atoms with Crippen LogP contribution in [-0.2, 0) is 17.9 Å². The van der Waals surface area contributed by atoms with Gasteiger partial charge in [-0.1, -0.05) is 0 Å². The van der Waals surface area contributed by atoms with Crippen LogP contribution in [0.2, 0.25) is 0 Å². The van der Waals surface area contributed by atoms with Crippen molar-refractivity contribution in [1.82, 2.24) is 20.1 Å². The van der Waals surface area contributed by atoms with Crippen molar-refractivity contribution in [3.63, 3.8) is 0 Å². The molecule has 0 aliphatic rings. The van der Waals surface area contributed by atoms with E-state index in [1.165, 1.54) is 5.56 Å². The molecule has 0 saturated heterocycles. The summed E-state index contributed by atoms with van der Waals surface area (Å²) in [5.41, 5.74) is 2.07. The predicted molar refractivity (Wildman–Crippen MR) is 64.4 cm³/mol. The second-order valence-corrected chi connectivity index (χ2v) is 3.67. The van der Waals surface area contributed by atoms with Gasteiger partial charge < -0.3 is 15.6 Å². The summed E-state index contributed by atoms with van der Waals surface area (Å²) >= 11 is 0. The SMILES string of the molecule is CNC(=O)Cn1cc(NCc2cc[nH]c2)cn1. The Morgan fingerprint density at radius 3 is 3.18 bits per heavy atom. The first-order valence-electron chi connectivity index (χ1n) is 5.36. The van der Waals surface area contributed by atoms with Gasteiger partial charge in [-0.15, -0.1) is 0 Å². The zero-order chi connectivity index (χ0) is 12.1. The van der Waals surface area contributed by atoms with Gasteiger partial charge in [-0.25, -0.2) is 0 Å². The minimum absolute atomic E-state index is 0.0646. The van der Waals surface area contributed by atoms with Crippen LogP contribution in [0.1, 0.15) is 5.56 Å². The van der Waals surface area contributed by atoms with E-state index in [-0.39, 0.29) is 12.5 Å². The summed E-state index contributed by atoms with van der Waals surface area (Å²) in [5, 5.41) is 9.87. The Labute approximate surface area is 99.0 Å². The van der Waals surface area contributed by atoms with Crippen molar-refractivity contribution in [2.24, 2.45) is 0 Å². The van der Waals surface area contributed by atoms with Gasteiger partial charge in [0.15, 0.2) is 0 Å². The summed E-state index contributed by atoms with van der Waals surface area (Å²) in [4.78, 5) is 14.1. The molecule has 17 heavy (non-hydrogen) atoms. The van der Waals surface area contributed by atoms with Crippen LogP contribution in [-0.4, -0.2) is 27.7 Å². The van der Waals surface area contributed by atoms with E-state index in [1.54, 1.807) is 17.9 Å². The monoisotopic (exact) mass is 233 g/mol. The average Bonchev–Trinajstić information content (AvgIpc) is 2.97. The van der Waals surface area contributed by atoms with Gasteiger partial charge in [0.1, 0.15) is 6.54 Å². The third-order valence-corrected chi connectivity index (χ3v) is 2.38. The fourth-order valence-electron chi connectivity index (χ4n) is 1.44. The van der Waals surface area contributed by atoms with E-state index in [4.69, 9.17) is 0 Å². The van der Waals surface area contributed by atoms with Crippen molar-refractivity contribution < 1.29 is 4.79 Å². The number of nitrogens with one attached hydrogen (secondary N) is 3. The maximum atomic E-state index is 11.1. The Kier molecular flexibility index (Phi) is 3.44. The highest BCUT2D eigenvalue weighted by Gasteiger charge is 2.02. The van der Waals surface area contributed by atoms with Crippen molar-refractivity contribution in [2.75, 3.05) is 12.4 Å². The molecule has 0 atom stereocenters. The Morgan fingerprint density at radius 1 is 1.59 bits per heavy atom. The first-order chi connectivity index (χ1) is 8.28. The average molecular weight is 233 g/mol. The number of aromatic amines is 1. The van der Waals surface area contributed by atoms with E-state index in [0.717, 1.165) is 12.2 Å². The quantitative estimate of drug-likeness (QED) is 0.706. The van der Waals surface area contributed by atoms with Crippen molar-refractivity contribution in [1.29, 1.82) is 0 Å². The number of nitrogens with zero attached hydrogens (tertiary/aromatic N) is 2. The zero-order valence-corrected chi connectivity index (χ0v) is 9.60. The van der Waals surface area contributed by atoms with Crippen LogP contribution in [0.15, 0.2) is 30.9 Å². The minimum atomic E-state index is -0.0646. The number of amides is 1. The summed E-state index contributed by atoms with van der Waals surface area (Å²) in [6.45, 7) is 0.970. The topological polar surface area (TPSA) is 74.7 Å². The molecule has 6 nitrogen and oxygen atoms in total. The fourth-order valence-corrected chi connectivity index (χ4v) is 1.44. The first-order valence-corrected chi connectivity index (χ1v) is 5.36. The molecule has 2 aromatic rings. The molecule has 0 radical (unpaired) electrons. The van der Waals surface area contributed by atoms with Gasteiger partial charge in [-0.3, -0.25) is 9.48 Å². The highest BCUT2D eigenvalue weighted by atomic mass is 16.1. The van der Waals surface area contributed by atoms with Crippen molar-refractivity contribution >= 4 is 11.6 Å². The van der Waals surface area contributed by atoms with Crippen LogP contribution < -0.4 is 10.6 Å². The molecule has 0 unspecified atom stereocenters. The lowest BCUT2D eigenvalue weighted by molar-refractivity contribution is -0.121. The van der Waals surface area contributed by atoms with Gasteiger partial charge in [0.25, 0.3) is 0 Å². The van der Waals surface area contributed by atoms with Crippen molar-refractivity contribution in [3.8, 4) is 0 Å². The molecule has 0 spiro atoms. The molecule has 0 aromatic carbocycles. The predicted octanol–water partition coefficient (Wildman–Crippen LogP) is 0.569. The van der Waals surface area contributed by atoms with Crippen molar-refractivity contribution in [3.05, 3.63) is 36.4 Å². The van der Waals surface area contributed by atoms with E-state index in [1.807, 2.05) is 24.7 Å². The van der Waals surface area contributed by atoms with Crippen LogP contribution in [0, 0.1) is 0 Å². The summed E-state index contributed by atoms with van der Waals surface area (Å²) in [6.07, 6.45) is 7.32. The molecule has 3 N–H and O–H groups in total. The van der Waals surface area contributed by atoms with E-state index in [0.29, 0.717) is 0 Å². The number of hydrogen-bond donors (Lipinski definition) is 3. The number of likely N-dealkylation sites (N-methyl/N-ethyl adjacent to an activating group) is 1. The molecule has 2 heterocycles. The molecular formula is C11H15N5O. The Balaban J connectivity index is 1.88. The number of aromatic nitrogens is 3. The number of H-pyrrole nitrogens is 1. The largest absolute Gasteiger partial charge is 0.378 e. The van der Waals surface area contributed by atoms with Crippen LogP contribution in [0.4, 0.5) is 5.69 Å². The number of hydrogen-bond acceptors (Lipinski definition) is 3. The lowest BCUT2D eigenvalue weighted by Gasteiger charge is -2.01. The highest BCUT2D eigenvalue weighted by Crippen LogP contribution is 2.07. The molecule has 2 aromatic heterocycles. The van der Waals surface area contributed by atoms with Crippen LogP contribution in [0.5, 0.6) is 0 Å². The van der Waals surface area contributed by atoms with Gasteiger partial charge >= 0.3 is 0 Å². The summed E-state index contributed by atoms with van der Waals surface area (Å²) in [5.74, 6) is -0.0646. The molecule has 90 valence electrons.